The number of hydrogen-bond acceptors (Lipinski definition) is 4. The van der Waals surface area contributed by atoms with E-state index in [-0.39, 0.29) is 0 Å². The molecule has 4 nitrogen and oxygen atoms in total. The monoisotopic (exact) mass is 261 g/mol. The van der Waals surface area contributed by atoms with Gasteiger partial charge in [-0.25, -0.2) is 4.98 Å². The van der Waals surface area contributed by atoms with E-state index in [0.717, 1.165) is 38.7 Å². The first-order valence-corrected chi connectivity index (χ1v) is 7.38. The molecule has 1 N–H and O–H groups in total. The lowest BCUT2D eigenvalue weighted by Crippen LogP contribution is -2.37. The number of nitrogens with zero attached hydrogens (tertiary/aromatic N) is 2. The Hall–Kier alpha value is -1.13. The normalized spacial score (nSPS) is 24.5. The Kier molecular flexibility index (Phi) is 3.99. The van der Waals surface area contributed by atoms with E-state index in [1.165, 1.54) is 30.5 Å². The van der Waals surface area contributed by atoms with Crippen molar-refractivity contribution in [1.82, 2.24) is 10.3 Å². The number of hydrogen-bond donors (Lipinski definition) is 1. The zero-order chi connectivity index (χ0) is 13.1. The summed E-state index contributed by atoms with van der Waals surface area (Å²) in [5, 5.41) is 3.60. The van der Waals surface area contributed by atoms with Gasteiger partial charge in [0.05, 0.1) is 13.2 Å². The third-order valence-corrected chi connectivity index (χ3v) is 4.13. The molecule has 3 heterocycles. The maximum atomic E-state index is 5.39. The van der Waals surface area contributed by atoms with E-state index in [1.54, 1.807) is 0 Å². The molecular weight excluding hydrogens is 238 g/mol. The summed E-state index contributed by atoms with van der Waals surface area (Å²) in [6.07, 6.45) is 3.86. The van der Waals surface area contributed by atoms with Gasteiger partial charge >= 0.3 is 0 Å². The van der Waals surface area contributed by atoms with Gasteiger partial charge in [-0.3, -0.25) is 0 Å². The number of aryl methyl sites for hydroxylation is 1. The maximum Gasteiger partial charge on any atom is 0.128 e. The molecule has 1 aromatic heterocycles. The van der Waals surface area contributed by atoms with Crippen LogP contribution in [-0.4, -0.2) is 37.8 Å². The SMILES string of the molecule is Cc1nc(N2CCOCC2)ccc1[C@@H]1CCCCN1. The molecule has 2 aliphatic heterocycles. The molecule has 0 saturated carbocycles. The van der Waals surface area contributed by atoms with Gasteiger partial charge < -0.3 is 15.0 Å². The standard InChI is InChI=1S/C15H23N3O/c1-12-13(14-4-2-3-7-16-14)5-6-15(17-12)18-8-10-19-11-9-18/h5-6,14,16H,2-4,7-11H2,1H3/t14-/m0/s1. The first kappa shape index (κ1) is 12.9. The second kappa shape index (κ2) is 5.88. The van der Waals surface area contributed by atoms with Crippen molar-refractivity contribution in [2.75, 3.05) is 37.7 Å². The molecular formula is C15H23N3O. The largest absolute Gasteiger partial charge is 0.378 e. The van der Waals surface area contributed by atoms with Gasteiger partial charge in [0, 0.05) is 24.8 Å². The second-order valence-electron chi connectivity index (χ2n) is 5.45. The number of anilines is 1. The summed E-state index contributed by atoms with van der Waals surface area (Å²) >= 11 is 0. The van der Waals surface area contributed by atoms with E-state index < -0.39 is 0 Å². The van der Waals surface area contributed by atoms with Crippen LogP contribution in [0, 0.1) is 6.92 Å². The smallest absolute Gasteiger partial charge is 0.128 e. The van der Waals surface area contributed by atoms with E-state index in [2.05, 4.69) is 29.3 Å². The Morgan fingerprint density at radius 3 is 2.79 bits per heavy atom. The number of morpholine rings is 1. The lowest BCUT2D eigenvalue weighted by atomic mass is 9.96. The highest BCUT2D eigenvalue weighted by Gasteiger charge is 2.19. The van der Waals surface area contributed by atoms with Crippen molar-refractivity contribution < 1.29 is 4.74 Å². The molecule has 3 rings (SSSR count). The maximum absolute atomic E-state index is 5.39. The van der Waals surface area contributed by atoms with Crippen LogP contribution in [0.4, 0.5) is 5.82 Å². The molecule has 104 valence electrons. The molecule has 2 fully saturated rings. The minimum Gasteiger partial charge on any atom is -0.378 e. The average molecular weight is 261 g/mol. The highest BCUT2D eigenvalue weighted by atomic mass is 16.5. The summed E-state index contributed by atoms with van der Waals surface area (Å²) < 4.78 is 5.39. The van der Waals surface area contributed by atoms with Crippen LogP contribution in [0.5, 0.6) is 0 Å². The first-order chi connectivity index (χ1) is 9.34. The quantitative estimate of drug-likeness (QED) is 0.884. The molecule has 2 saturated heterocycles. The lowest BCUT2D eigenvalue weighted by molar-refractivity contribution is 0.122. The molecule has 0 unspecified atom stereocenters. The number of ether oxygens (including phenoxy) is 1. The molecule has 0 amide bonds. The van der Waals surface area contributed by atoms with Gasteiger partial charge in [-0.05, 0) is 37.9 Å². The zero-order valence-corrected chi connectivity index (χ0v) is 11.7. The van der Waals surface area contributed by atoms with E-state index >= 15 is 0 Å². The van der Waals surface area contributed by atoms with Crippen molar-refractivity contribution in [3.05, 3.63) is 23.4 Å². The summed E-state index contributed by atoms with van der Waals surface area (Å²) in [5.41, 5.74) is 2.54. The van der Waals surface area contributed by atoms with Crippen LogP contribution in [0.25, 0.3) is 0 Å². The summed E-state index contributed by atoms with van der Waals surface area (Å²) in [5.74, 6) is 1.10. The summed E-state index contributed by atoms with van der Waals surface area (Å²) in [6.45, 7) is 6.80. The summed E-state index contributed by atoms with van der Waals surface area (Å²) in [4.78, 5) is 7.12. The minimum absolute atomic E-state index is 0.500. The van der Waals surface area contributed by atoms with Gasteiger partial charge in [0.15, 0.2) is 0 Å². The topological polar surface area (TPSA) is 37.4 Å². The molecule has 19 heavy (non-hydrogen) atoms. The number of pyridine rings is 1. The third-order valence-electron chi connectivity index (χ3n) is 4.13. The van der Waals surface area contributed by atoms with Gasteiger partial charge in [-0.1, -0.05) is 12.5 Å². The zero-order valence-electron chi connectivity index (χ0n) is 11.7. The molecule has 1 atom stereocenters. The Morgan fingerprint density at radius 1 is 1.26 bits per heavy atom. The Balaban J connectivity index is 1.76. The third kappa shape index (κ3) is 2.90. The van der Waals surface area contributed by atoms with Crippen molar-refractivity contribution in [2.24, 2.45) is 0 Å². The lowest BCUT2D eigenvalue weighted by Gasteiger charge is -2.29. The Bertz CT molecular complexity index is 423. The van der Waals surface area contributed by atoms with E-state index in [9.17, 15) is 0 Å². The van der Waals surface area contributed by atoms with Crippen LogP contribution >= 0.6 is 0 Å². The average Bonchev–Trinajstić information content (AvgIpc) is 2.49. The van der Waals surface area contributed by atoms with Crippen molar-refractivity contribution >= 4 is 5.82 Å². The number of rotatable bonds is 2. The number of aromatic nitrogens is 1. The van der Waals surface area contributed by atoms with Gasteiger partial charge in [-0.2, -0.15) is 0 Å². The van der Waals surface area contributed by atoms with Crippen LogP contribution in [-0.2, 0) is 4.74 Å². The van der Waals surface area contributed by atoms with Crippen molar-refractivity contribution in [2.45, 2.75) is 32.2 Å². The van der Waals surface area contributed by atoms with Crippen molar-refractivity contribution in [3.63, 3.8) is 0 Å². The van der Waals surface area contributed by atoms with Gasteiger partial charge in [0.2, 0.25) is 0 Å². The fourth-order valence-electron chi connectivity index (χ4n) is 3.01. The van der Waals surface area contributed by atoms with Crippen LogP contribution in [0.15, 0.2) is 12.1 Å². The molecule has 0 spiro atoms. The van der Waals surface area contributed by atoms with Gasteiger partial charge in [0.25, 0.3) is 0 Å². The molecule has 0 aliphatic carbocycles. The van der Waals surface area contributed by atoms with Gasteiger partial charge in [0.1, 0.15) is 5.82 Å². The Labute approximate surface area is 115 Å². The molecule has 1 aromatic rings. The van der Waals surface area contributed by atoms with E-state index in [0.29, 0.717) is 6.04 Å². The van der Waals surface area contributed by atoms with Gasteiger partial charge in [-0.15, -0.1) is 0 Å². The molecule has 0 bridgehead atoms. The van der Waals surface area contributed by atoms with Crippen LogP contribution in [0.3, 0.4) is 0 Å². The Morgan fingerprint density at radius 2 is 2.11 bits per heavy atom. The molecule has 0 aromatic carbocycles. The molecule has 4 heteroatoms. The summed E-state index contributed by atoms with van der Waals surface area (Å²) in [6, 6.07) is 4.93. The number of piperidine rings is 1. The van der Waals surface area contributed by atoms with Crippen LogP contribution in [0.1, 0.15) is 36.6 Å². The van der Waals surface area contributed by atoms with Crippen molar-refractivity contribution in [1.29, 1.82) is 0 Å². The minimum atomic E-state index is 0.500. The summed E-state index contributed by atoms with van der Waals surface area (Å²) in [7, 11) is 0. The van der Waals surface area contributed by atoms with Crippen molar-refractivity contribution in [3.8, 4) is 0 Å². The predicted octanol–water partition coefficient (Wildman–Crippen LogP) is 2.04. The van der Waals surface area contributed by atoms with Crippen LogP contribution < -0.4 is 10.2 Å². The highest BCUT2D eigenvalue weighted by Crippen LogP contribution is 2.26. The fraction of sp³-hybridized carbons (Fsp3) is 0.667. The predicted molar refractivity (Wildman–Crippen MR) is 76.6 cm³/mol. The molecule has 0 radical (unpaired) electrons. The van der Waals surface area contributed by atoms with Crippen LogP contribution in [0.2, 0.25) is 0 Å². The van der Waals surface area contributed by atoms with E-state index in [4.69, 9.17) is 9.72 Å². The molecule has 2 aliphatic rings. The first-order valence-electron chi connectivity index (χ1n) is 7.38. The number of nitrogens with one attached hydrogen (secondary N) is 1. The highest BCUT2D eigenvalue weighted by molar-refractivity contribution is 5.42. The van der Waals surface area contributed by atoms with E-state index in [1.807, 2.05) is 0 Å². The fourth-order valence-corrected chi connectivity index (χ4v) is 3.01. The second-order valence-corrected chi connectivity index (χ2v) is 5.45.